The van der Waals surface area contributed by atoms with Gasteiger partial charge in [0.2, 0.25) is 0 Å². The summed E-state index contributed by atoms with van der Waals surface area (Å²) in [5, 5.41) is 18.9. The maximum absolute atomic E-state index is 12.3. The number of aliphatic carboxylic acids is 1. The molecule has 2 amide bonds. The van der Waals surface area contributed by atoms with Gasteiger partial charge in [-0.25, -0.2) is 4.79 Å². The Morgan fingerprint density at radius 1 is 1.62 bits per heavy atom. The smallest absolute Gasteiger partial charge is 0.317 e. The van der Waals surface area contributed by atoms with Gasteiger partial charge in [-0.3, -0.25) is 9.89 Å². The molecule has 1 saturated heterocycles. The topological polar surface area (TPSA) is 98.3 Å². The van der Waals surface area contributed by atoms with E-state index in [1.54, 1.807) is 17.3 Å². The Kier molecular flexibility index (Phi) is 4.50. The van der Waals surface area contributed by atoms with E-state index in [1.165, 1.54) is 0 Å². The lowest BCUT2D eigenvalue weighted by molar-refractivity contribution is -0.148. The third kappa shape index (κ3) is 3.17. The molecule has 2 atom stereocenters. The van der Waals surface area contributed by atoms with E-state index in [4.69, 9.17) is 0 Å². The van der Waals surface area contributed by atoms with Crippen LogP contribution in [0.1, 0.15) is 44.7 Å². The molecule has 3 N–H and O–H groups in total. The molecule has 1 fully saturated rings. The summed E-state index contributed by atoms with van der Waals surface area (Å²) in [6.07, 6.45) is 5.31. The van der Waals surface area contributed by atoms with E-state index in [0.717, 1.165) is 12.0 Å². The van der Waals surface area contributed by atoms with E-state index >= 15 is 0 Å². The van der Waals surface area contributed by atoms with Gasteiger partial charge in [0.1, 0.15) is 0 Å². The molecule has 7 nitrogen and oxygen atoms in total. The molecule has 2 rings (SSSR count). The summed E-state index contributed by atoms with van der Waals surface area (Å²) in [4.78, 5) is 25.4. The molecule has 1 aliphatic rings. The zero-order valence-corrected chi connectivity index (χ0v) is 12.4. The average molecular weight is 294 g/mol. The van der Waals surface area contributed by atoms with Gasteiger partial charge >= 0.3 is 12.0 Å². The maximum Gasteiger partial charge on any atom is 0.317 e. The number of carboxylic acids is 1. The van der Waals surface area contributed by atoms with Crippen molar-refractivity contribution in [2.24, 2.45) is 5.41 Å². The normalized spacial score (nSPS) is 23.0. The van der Waals surface area contributed by atoms with Crippen LogP contribution in [-0.4, -0.2) is 45.3 Å². The Morgan fingerprint density at radius 3 is 2.95 bits per heavy atom. The minimum Gasteiger partial charge on any atom is -0.481 e. The van der Waals surface area contributed by atoms with Gasteiger partial charge in [-0.05, 0) is 19.8 Å². The number of carboxylic acid groups (broad SMARTS) is 1. The van der Waals surface area contributed by atoms with E-state index in [0.29, 0.717) is 19.4 Å². The van der Waals surface area contributed by atoms with Crippen molar-refractivity contribution < 1.29 is 14.7 Å². The van der Waals surface area contributed by atoms with Crippen LogP contribution in [0.5, 0.6) is 0 Å². The van der Waals surface area contributed by atoms with Crippen molar-refractivity contribution >= 4 is 12.0 Å². The highest BCUT2D eigenvalue weighted by atomic mass is 16.4. The van der Waals surface area contributed by atoms with Crippen LogP contribution in [0.4, 0.5) is 4.79 Å². The number of H-pyrrole nitrogens is 1. The standard InChI is InChI=1S/C14H22N4O3/c1-3-4-14(12(19)20)5-6-18(9-14)13(21)17-10(2)11-7-15-16-8-11/h7-8,10H,3-6,9H2,1-2H3,(H,15,16)(H,17,21)(H,19,20). The van der Waals surface area contributed by atoms with Gasteiger partial charge in [-0.1, -0.05) is 13.3 Å². The third-order valence-corrected chi connectivity index (χ3v) is 4.18. The van der Waals surface area contributed by atoms with Gasteiger partial charge < -0.3 is 15.3 Å². The first-order valence-corrected chi connectivity index (χ1v) is 7.26. The third-order valence-electron chi connectivity index (χ3n) is 4.18. The molecule has 21 heavy (non-hydrogen) atoms. The number of likely N-dealkylation sites (tertiary alicyclic amines) is 1. The number of amides is 2. The van der Waals surface area contributed by atoms with E-state index < -0.39 is 11.4 Å². The largest absolute Gasteiger partial charge is 0.481 e. The first-order chi connectivity index (χ1) is 9.98. The second kappa shape index (κ2) is 6.15. The van der Waals surface area contributed by atoms with E-state index in [-0.39, 0.29) is 18.6 Å². The molecule has 0 saturated carbocycles. The number of rotatable bonds is 5. The Morgan fingerprint density at radius 2 is 2.38 bits per heavy atom. The van der Waals surface area contributed by atoms with Crippen LogP contribution in [0.2, 0.25) is 0 Å². The van der Waals surface area contributed by atoms with Crippen LogP contribution in [-0.2, 0) is 4.79 Å². The van der Waals surface area contributed by atoms with Crippen LogP contribution < -0.4 is 5.32 Å². The van der Waals surface area contributed by atoms with Crippen molar-refractivity contribution in [2.75, 3.05) is 13.1 Å². The monoisotopic (exact) mass is 294 g/mol. The summed E-state index contributed by atoms with van der Waals surface area (Å²) in [5.41, 5.74) is 0.103. The minimum atomic E-state index is -0.803. The Hall–Kier alpha value is -2.05. The number of urea groups is 1. The number of hydrogen-bond acceptors (Lipinski definition) is 3. The van der Waals surface area contributed by atoms with Gasteiger partial charge in [0.15, 0.2) is 0 Å². The number of aromatic amines is 1. The average Bonchev–Trinajstić information content (AvgIpc) is 3.09. The number of aromatic nitrogens is 2. The van der Waals surface area contributed by atoms with Crippen molar-refractivity contribution in [1.82, 2.24) is 20.4 Å². The Bertz CT molecular complexity index is 502. The number of carbonyl (C=O) groups excluding carboxylic acids is 1. The van der Waals surface area contributed by atoms with Crippen molar-refractivity contribution in [2.45, 2.75) is 39.2 Å². The van der Waals surface area contributed by atoms with Crippen LogP contribution in [0.15, 0.2) is 12.4 Å². The first kappa shape index (κ1) is 15.3. The van der Waals surface area contributed by atoms with Crippen LogP contribution in [0, 0.1) is 5.41 Å². The lowest BCUT2D eigenvalue weighted by atomic mass is 9.83. The number of carbonyl (C=O) groups is 2. The Labute approximate surface area is 123 Å². The van der Waals surface area contributed by atoms with E-state index in [9.17, 15) is 14.7 Å². The lowest BCUT2D eigenvalue weighted by Crippen LogP contribution is -2.42. The molecule has 1 aromatic heterocycles. The second-order valence-electron chi connectivity index (χ2n) is 5.71. The molecule has 0 bridgehead atoms. The SMILES string of the molecule is CCCC1(C(=O)O)CCN(C(=O)NC(C)c2cn[nH]c2)C1. The molecule has 0 radical (unpaired) electrons. The number of hydrogen-bond donors (Lipinski definition) is 3. The first-order valence-electron chi connectivity index (χ1n) is 7.26. The molecular formula is C14H22N4O3. The van der Waals surface area contributed by atoms with Gasteiger partial charge in [0.25, 0.3) is 0 Å². The van der Waals surface area contributed by atoms with Crippen molar-refractivity contribution in [1.29, 1.82) is 0 Å². The van der Waals surface area contributed by atoms with E-state index in [1.807, 2.05) is 13.8 Å². The summed E-state index contributed by atoms with van der Waals surface area (Å²) in [6.45, 7) is 4.60. The molecule has 1 aromatic rings. The summed E-state index contributed by atoms with van der Waals surface area (Å²) in [5.74, 6) is -0.803. The van der Waals surface area contributed by atoms with Gasteiger partial charge in [0, 0.05) is 24.8 Å². The molecule has 2 unspecified atom stereocenters. The van der Waals surface area contributed by atoms with Crippen LogP contribution in [0.25, 0.3) is 0 Å². The van der Waals surface area contributed by atoms with Crippen LogP contribution in [0.3, 0.4) is 0 Å². The molecular weight excluding hydrogens is 272 g/mol. The predicted molar refractivity (Wildman–Crippen MR) is 76.7 cm³/mol. The molecule has 0 spiro atoms. The molecule has 2 heterocycles. The van der Waals surface area contributed by atoms with Crippen molar-refractivity contribution in [3.05, 3.63) is 18.0 Å². The van der Waals surface area contributed by atoms with Crippen molar-refractivity contribution in [3.63, 3.8) is 0 Å². The van der Waals surface area contributed by atoms with E-state index in [2.05, 4.69) is 15.5 Å². The summed E-state index contributed by atoms with van der Waals surface area (Å²) in [6, 6.07) is -0.384. The fourth-order valence-corrected chi connectivity index (χ4v) is 2.87. The summed E-state index contributed by atoms with van der Waals surface area (Å²) < 4.78 is 0. The van der Waals surface area contributed by atoms with Crippen LogP contribution >= 0.6 is 0 Å². The quantitative estimate of drug-likeness (QED) is 0.770. The minimum absolute atomic E-state index is 0.165. The van der Waals surface area contributed by atoms with Gasteiger partial charge in [-0.15, -0.1) is 0 Å². The zero-order chi connectivity index (χ0) is 15.5. The number of nitrogens with one attached hydrogen (secondary N) is 2. The highest BCUT2D eigenvalue weighted by molar-refractivity contribution is 5.80. The highest BCUT2D eigenvalue weighted by Gasteiger charge is 2.45. The Balaban J connectivity index is 1.97. The summed E-state index contributed by atoms with van der Waals surface area (Å²) in [7, 11) is 0. The molecule has 116 valence electrons. The van der Waals surface area contributed by atoms with Gasteiger partial charge in [0.05, 0.1) is 17.7 Å². The second-order valence-corrected chi connectivity index (χ2v) is 5.71. The zero-order valence-electron chi connectivity index (χ0n) is 12.4. The van der Waals surface area contributed by atoms with Crippen molar-refractivity contribution in [3.8, 4) is 0 Å². The molecule has 0 aliphatic carbocycles. The molecule has 1 aliphatic heterocycles. The lowest BCUT2D eigenvalue weighted by Gasteiger charge is -2.25. The fraction of sp³-hybridized carbons (Fsp3) is 0.643. The van der Waals surface area contributed by atoms with Gasteiger partial charge in [-0.2, -0.15) is 5.10 Å². The summed E-state index contributed by atoms with van der Waals surface area (Å²) >= 11 is 0. The number of nitrogens with zero attached hydrogens (tertiary/aromatic N) is 2. The molecule has 0 aromatic carbocycles. The maximum atomic E-state index is 12.3. The predicted octanol–water partition coefficient (Wildman–Crippen LogP) is 1.76. The fourth-order valence-electron chi connectivity index (χ4n) is 2.87. The highest BCUT2D eigenvalue weighted by Crippen LogP contribution is 2.35. The molecule has 7 heteroatoms.